The van der Waals surface area contributed by atoms with E-state index >= 15 is 0 Å². The van der Waals surface area contributed by atoms with Gasteiger partial charge >= 0.3 is 0 Å². The van der Waals surface area contributed by atoms with Gasteiger partial charge in [0.15, 0.2) is 0 Å². The van der Waals surface area contributed by atoms with Crippen LogP contribution in [0.5, 0.6) is 0 Å². The first kappa shape index (κ1) is 12.4. The lowest BCUT2D eigenvalue weighted by molar-refractivity contribution is 0.499. The molecule has 0 amide bonds. The van der Waals surface area contributed by atoms with Crippen LogP contribution in [0.2, 0.25) is 0 Å². The predicted octanol–water partition coefficient (Wildman–Crippen LogP) is 4.88. The van der Waals surface area contributed by atoms with E-state index in [4.69, 9.17) is 4.42 Å². The molecule has 0 N–H and O–H groups in total. The summed E-state index contributed by atoms with van der Waals surface area (Å²) in [5.41, 5.74) is 3.90. The lowest BCUT2D eigenvalue weighted by Crippen LogP contribution is -1.97. The highest BCUT2D eigenvalue weighted by molar-refractivity contribution is 9.09. The van der Waals surface area contributed by atoms with Crippen molar-refractivity contribution in [1.29, 1.82) is 0 Å². The second kappa shape index (κ2) is 5.09. The average Bonchev–Trinajstić information content (AvgIpc) is 2.54. The third-order valence-corrected chi connectivity index (χ3v) is 3.97. The zero-order valence-corrected chi connectivity index (χ0v) is 12.0. The molecule has 1 heterocycles. The fourth-order valence-corrected chi connectivity index (χ4v) is 3.23. The minimum Gasteiger partial charge on any atom is -0.466 e. The molecule has 2 aromatic rings. The maximum absolute atomic E-state index is 5.67. The molecule has 0 radical (unpaired) electrons. The Bertz CT molecular complexity index is 499. The highest BCUT2D eigenvalue weighted by Gasteiger charge is 2.18. The lowest BCUT2D eigenvalue weighted by atomic mass is 10.0. The van der Waals surface area contributed by atoms with E-state index < -0.39 is 0 Å². The first-order valence-corrected chi connectivity index (χ1v) is 6.75. The molecule has 2 rings (SSSR count). The Morgan fingerprint density at radius 3 is 2.24 bits per heavy atom. The second-order valence-corrected chi connectivity index (χ2v) is 5.52. The van der Waals surface area contributed by atoms with Crippen LogP contribution < -0.4 is 0 Å². The summed E-state index contributed by atoms with van der Waals surface area (Å²) in [4.78, 5) is 0.322. The van der Waals surface area contributed by atoms with Crippen molar-refractivity contribution in [3.8, 4) is 0 Å². The van der Waals surface area contributed by atoms with E-state index in [0.717, 1.165) is 17.9 Å². The molecule has 17 heavy (non-hydrogen) atoms. The Labute approximate surface area is 111 Å². The summed E-state index contributed by atoms with van der Waals surface area (Å²) in [5, 5.41) is 0. The van der Waals surface area contributed by atoms with Gasteiger partial charge in [-0.2, -0.15) is 0 Å². The first-order chi connectivity index (χ1) is 8.09. The summed E-state index contributed by atoms with van der Waals surface area (Å²) in [6, 6.07) is 10.5. The van der Waals surface area contributed by atoms with Crippen LogP contribution in [0, 0.1) is 20.8 Å². The molecule has 0 saturated heterocycles. The molecule has 0 aliphatic rings. The van der Waals surface area contributed by atoms with E-state index in [0.29, 0.717) is 4.83 Å². The first-order valence-electron chi connectivity index (χ1n) is 5.84. The van der Waals surface area contributed by atoms with Crippen LogP contribution in [-0.4, -0.2) is 0 Å². The van der Waals surface area contributed by atoms with Gasteiger partial charge in [0.05, 0.1) is 0 Å². The third-order valence-electron chi connectivity index (χ3n) is 3.19. The van der Waals surface area contributed by atoms with Gasteiger partial charge in [-0.3, -0.25) is 0 Å². The number of halogens is 1. The summed E-state index contributed by atoms with van der Waals surface area (Å²) in [6.07, 6.45) is 0.988. The van der Waals surface area contributed by atoms with Crippen molar-refractivity contribution in [2.24, 2.45) is 0 Å². The van der Waals surface area contributed by atoms with Crippen molar-refractivity contribution in [2.45, 2.75) is 32.0 Å². The molecular weight excluding hydrogens is 276 g/mol. The van der Waals surface area contributed by atoms with Crippen molar-refractivity contribution in [2.75, 3.05) is 0 Å². The van der Waals surface area contributed by atoms with Crippen LogP contribution in [0.1, 0.15) is 33.0 Å². The standard InChI is InChI=1S/C15H17BrO/c1-10-11(2)17-12(3)15(10)14(16)9-13-7-5-4-6-8-13/h4-8,14H,9H2,1-3H3. The minimum absolute atomic E-state index is 0.322. The topological polar surface area (TPSA) is 13.1 Å². The van der Waals surface area contributed by atoms with Gasteiger partial charge in [0.1, 0.15) is 11.5 Å². The van der Waals surface area contributed by atoms with Crippen LogP contribution in [0.25, 0.3) is 0 Å². The smallest absolute Gasteiger partial charge is 0.105 e. The third kappa shape index (κ3) is 2.63. The quantitative estimate of drug-likeness (QED) is 0.735. The number of hydrogen-bond acceptors (Lipinski definition) is 1. The fourth-order valence-electron chi connectivity index (χ4n) is 2.19. The summed E-state index contributed by atoms with van der Waals surface area (Å²) >= 11 is 3.78. The number of benzene rings is 1. The van der Waals surface area contributed by atoms with E-state index in [2.05, 4.69) is 47.1 Å². The summed E-state index contributed by atoms with van der Waals surface area (Å²) in [7, 11) is 0. The highest BCUT2D eigenvalue weighted by Crippen LogP contribution is 2.34. The van der Waals surface area contributed by atoms with Crippen LogP contribution in [0.4, 0.5) is 0 Å². The van der Waals surface area contributed by atoms with E-state index in [1.807, 2.05) is 19.9 Å². The van der Waals surface area contributed by atoms with E-state index in [1.54, 1.807) is 0 Å². The SMILES string of the molecule is Cc1oc(C)c(C(Br)Cc2ccccc2)c1C. The Morgan fingerprint density at radius 1 is 1.06 bits per heavy atom. The monoisotopic (exact) mass is 292 g/mol. The van der Waals surface area contributed by atoms with E-state index in [9.17, 15) is 0 Å². The highest BCUT2D eigenvalue weighted by atomic mass is 79.9. The molecular formula is C15H17BrO. The van der Waals surface area contributed by atoms with Crippen LogP contribution in [0.15, 0.2) is 34.7 Å². The van der Waals surface area contributed by atoms with E-state index in [1.165, 1.54) is 16.7 Å². The molecule has 1 atom stereocenters. The zero-order chi connectivity index (χ0) is 12.4. The Balaban J connectivity index is 2.23. The average molecular weight is 293 g/mol. The van der Waals surface area contributed by atoms with Crippen molar-refractivity contribution in [3.05, 3.63) is 58.5 Å². The summed E-state index contributed by atoms with van der Waals surface area (Å²) in [6.45, 7) is 6.18. The van der Waals surface area contributed by atoms with Crippen molar-refractivity contribution >= 4 is 15.9 Å². The predicted molar refractivity (Wildman–Crippen MR) is 74.7 cm³/mol. The van der Waals surface area contributed by atoms with Gasteiger partial charge in [-0.05, 0) is 38.3 Å². The summed E-state index contributed by atoms with van der Waals surface area (Å²) in [5.74, 6) is 2.05. The zero-order valence-electron chi connectivity index (χ0n) is 10.5. The number of rotatable bonds is 3. The van der Waals surface area contributed by atoms with Crippen molar-refractivity contribution in [3.63, 3.8) is 0 Å². The number of hydrogen-bond donors (Lipinski definition) is 0. The Hall–Kier alpha value is -1.02. The largest absolute Gasteiger partial charge is 0.466 e. The van der Waals surface area contributed by atoms with Gasteiger partial charge < -0.3 is 4.42 Å². The molecule has 1 aromatic heterocycles. The number of furan rings is 1. The molecule has 90 valence electrons. The molecule has 0 aliphatic heterocycles. The molecule has 0 fully saturated rings. The van der Waals surface area contributed by atoms with Gasteiger partial charge in [-0.25, -0.2) is 0 Å². The number of alkyl halides is 1. The lowest BCUT2D eigenvalue weighted by Gasteiger charge is -2.10. The number of aryl methyl sites for hydroxylation is 2. The maximum Gasteiger partial charge on any atom is 0.105 e. The molecule has 0 spiro atoms. The normalized spacial score (nSPS) is 12.7. The molecule has 1 unspecified atom stereocenters. The van der Waals surface area contributed by atoms with Crippen LogP contribution in [-0.2, 0) is 6.42 Å². The van der Waals surface area contributed by atoms with Crippen molar-refractivity contribution < 1.29 is 4.42 Å². The summed E-state index contributed by atoms with van der Waals surface area (Å²) < 4.78 is 5.67. The second-order valence-electron chi connectivity index (χ2n) is 4.41. The molecule has 0 saturated carbocycles. The van der Waals surface area contributed by atoms with Crippen LogP contribution in [0.3, 0.4) is 0 Å². The van der Waals surface area contributed by atoms with Crippen molar-refractivity contribution in [1.82, 2.24) is 0 Å². The van der Waals surface area contributed by atoms with Gasteiger partial charge in [0.2, 0.25) is 0 Å². The van der Waals surface area contributed by atoms with Gasteiger partial charge in [-0.15, -0.1) is 0 Å². The van der Waals surface area contributed by atoms with Gasteiger partial charge in [0.25, 0.3) is 0 Å². The Morgan fingerprint density at radius 2 is 1.71 bits per heavy atom. The van der Waals surface area contributed by atoms with Gasteiger partial charge in [-0.1, -0.05) is 46.3 Å². The maximum atomic E-state index is 5.67. The molecule has 1 aromatic carbocycles. The molecule has 0 bridgehead atoms. The molecule has 1 nitrogen and oxygen atoms in total. The molecule has 2 heteroatoms. The fraction of sp³-hybridized carbons (Fsp3) is 0.333. The van der Waals surface area contributed by atoms with Gasteiger partial charge in [0, 0.05) is 10.4 Å². The van der Waals surface area contributed by atoms with E-state index in [-0.39, 0.29) is 0 Å². The van der Waals surface area contributed by atoms with Crippen LogP contribution >= 0.6 is 15.9 Å². The Kier molecular flexibility index (Phi) is 3.72. The molecule has 0 aliphatic carbocycles. The minimum atomic E-state index is 0.322.